The first-order chi connectivity index (χ1) is 8.65. The van der Waals surface area contributed by atoms with Crippen LogP contribution in [0.3, 0.4) is 0 Å². The summed E-state index contributed by atoms with van der Waals surface area (Å²) in [6.45, 7) is 15.1. The van der Waals surface area contributed by atoms with Crippen molar-refractivity contribution >= 4 is 14.4 Å². The first kappa shape index (κ1) is 17.7. The zero-order valence-corrected chi connectivity index (χ0v) is 13.9. The van der Waals surface area contributed by atoms with Crippen molar-refractivity contribution in [1.29, 1.82) is 0 Å². The van der Waals surface area contributed by atoms with Gasteiger partial charge in [0.15, 0.2) is 8.32 Å². The van der Waals surface area contributed by atoms with Crippen LogP contribution >= 0.6 is 0 Å². The first-order valence-electron chi connectivity index (χ1n) is 6.24. The monoisotopic (exact) mass is 283 g/mol. The van der Waals surface area contributed by atoms with Gasteiger partial charge in [-0.25, -0.2) is 9.69 Å². The second kappa shape index (κ2) is 7.36. The van der Waals surface area contributed by atoms with Gasteiger partial charge < -0.3 is 9.16 Å². The normalized spacial score (nSPS) is 11.3. The smallest absolute Gasteiger partial charge is 0.421 e. The van der Waals surface area contributed by atoms with Crippen molar-refractivity contribution in [2.45, 2.75) is 38.9 Å². The topological polar surface area (TPSA) is 38.8 Å². The molecule has 108 valence electrons. The fourth-order valence-electron chi connectivity index (χ4n) is 0.966. The molecule has 0 aromatic rings. The largest absolute Gasteiger partial charge is 0.452 e. The van der Waals surface area contributed by atoms with Crippen molar-refractivity contribution in [3.05, 3.63) is 12.7 Å². The average molecular weight is 283 g/mol. The third-order valence-corrected chi connectivity index (χ3v) is 7.71. The summed E-state index contributed by atoms with van der Waals surface area (Å²) in [5.41, 5.74) is 0. The molecule has 0 rings (SSSR count). The fourth-order valence-corrected chi connectivity index (χ4v) is 1.83. The standard InChI is InChI=1S/C14H25NO3Si/c1-8-10-15(13(16)17-5)11-9-12-18-19(6,7)14(2,3)4/h8H,1,10,12H2,2-7H3. The molecule has 0 aliphatic carbocycles. The predicted octanol–water partition coefficient (Wildman–Crippen LogP) is 3.22. The SMILES string of the molecule is C=CCN(C#CCO[Si](C)(C)C(C)(C)C)C(=O)OC. The molecule has 0 saturated carbocycles. The average Bonchev–Trinajstić information content (AvgIpc) is 2.30. The Morgan fingerprint density at radius 1 is 1.42 bits per heavy atom. The Bertz CT molecular complexity index is 374. The van der Waals surface area contributed by atoms with E-state index >= 15 is 0 Å². The highest BCUT2D eigenvalue weighted by Gasteiger charge is 2.36. The van der Waals surface area contributed by atoms with Gasteiger partial charge in [0, 0.05) is 6.04 Å². The Morgan fingerprint density at radius 2 is 2.00 bits per heavy atom. The molecule has 0 aliphatic rings. The Hall–Kier alpha value is -1.25. The number of hydrogen-bond acceptors (Lipinski definition) is 3. The molecule has 0 saturated heterocycles. The lowest BCUT2D eigenvalue weighted by Gasteiger charge is -2.35. The van der Waals surface area contributed by atoms with Crippen molar-refractivity contribution < 1.29 is 14.0 Å². The Balaban J connectivity index is 4.52. The number of ether oxygens (including phenoxy) is 1. The first-order valence-corrected chi connectivity index (χ1v) is 9.15. The summed E-state index contributed by atoms with van der Waals surface area (Å²) in [4.78, 5) is 12.6. The molecule has 5 heteroatoms. The summed E-state index contributed by atoms with van der Waals surface area (Å²) in [6, 6.07) is 2.73. The van der Waals surface area contributed by atoms with Gasteiger partial charge in [0.25, 0.3) is 0 Å². The van der Waals surface area contributed by atoms with E-state index in [4.69, 9.17) is 4.43 Å². The second-order valence-electron chi connectivity index (χ2n) is 5.71. The van der Waals surface area contributed by atoms with E-state index in [1.807, 2.05) is 0 Å². The third-order valence-electron chi connectivity index (χ3n) is 3.23. The summed E-state index contributed by atoms with van der Waals surface area (Å²) in [5.74, 6) is 2.85. The van der Waals surface area contributed by atoms with Crippen molar-refractivity contribution in [2.75, 3.05) is 20.3 Å². The zero-order valence-electron chi connectivity index (χ0n) is 12.9. The van der Waals surface area contributed by atoms with Crippen LogP contribution in [-0.2, 0) is 9.16 Å². The maximum atomic E-state index is 11.4. The summed E-state index contributed by atoms with van der Waals surface area (Å²) in [5, 5.41) is 0.151. The maximum absolute atomic E-state index is 11.4. The molecule has 0 spiro atoms. The van der Waals surface area contributed by atoms with E-state index < -0.39 is 14.4 Å². The van der Waals surface area contributed by atoms with E-state index in [0.717, 1.165) is 0 Å². The van der Waals surface area contributed by atoms with Gasteiger partial charge in [-0.2, -0.15) is 0 Å². The molecule has 19 heavy (non-hydrogen) atoms. The molecule has 0 aromatic carbocycles. The minimum Gasteiger partial charge on any atom is -0.452 e. The van der Waals surface area contributed by atoms with E-state index in [2.05, 4.69) is 57.1 Å². The van der Waals surface area contributed by atoms with Gasteiger partial charge in [-0.15, -0.1) is 6.58 Å². The highest BCUT2D eigenvalue weighted by molar-refractivity contribution is 6.74. The number of rotatable bonds is 4. The summed E-state index contributed by atoms with van der Waals surface area (Å²) in [6.07, 6.45) is 1.11. The van der Waals surface area contributed by atoms with Gasteiger partial charge in [-0.1, -0.05) is 32.8 Å². The van der Waals surface area contributed by atoms with Crippen molar-refractivity contribution in [2.24, 2.45) is 0 Å². The van der Waals surface area contributed by atoms with Crippen molar-refractivity contribution in [3.63, 3.8) is 0 Å². The maximum Gasteiger partial charge on any atom is 0.421 e. The van der Waals surface area contributed by atoms with Crippen LogP contribution < -0.4 is 0 Å². The molecule has 0 aliphatic heterocycles. The van der Waals surface area contributed by atoms with Gasteiger partial charge >= 0.3 is 6.09 Å². The molecule has 0 aromatic heterocycles. The molecular formula is C14H25NO3Si. The highest BCUT2D eigenvalue weighted by Crippen LogP contribution is 2.36. The minimum absolute atomic E-state index is 0.151. The lowest BCUT2D eigenvalue weighted by Crippen LogP contribution is -2.40. The lowest BCUT2D eigenvalue weighted by atomic mass is 10.2. The van der Waals surface area contributed by atoms with Crippen LogP contribution in [0.25, 0.3) is 0 Å². The number of methoxy groups -OCH3 is 1. The molecular weight excluding hydrogens is 258 g/mol. The van der Waals surface area contributed by atoms with E-state index in [9.17, 15) is 4.79 Å². The van der Waals surface area contributed by atoms with Gasteiger partial charge in [0.1, 0.15) is 0 Å². The van der Waals surface area contributed by atoms with Crippen LogP contribution in [0.2, 0.25) is 18.1 Å². The molecule has 1 amide bonds. The van der Waals surface area contributed by atoms with Gasteiger partial charge in [-0.3, -0.25) is 0 Å². The van der Waals surface area contributed by atoms with E-state index in [1.54, 1.807) is 6.08 Å². The molecule has 0 unspecified atom stereocenters. The number of nitrogens with zero attached hydrogens (tertiary/aromatic N) is 1. The highest BCUT2D eigenvalue weighted by atomic mass is 28.4. The van der Waals surface area contributed by atoms with Crippen LogP contribution in [0.15, 0.2) is 12.7 Å². The van der Waals surface area contributed by atoms with Crippen molar-refractivity contribution in [3.8, 4) is 12.0 Å². The minimum atomic E-state index is -1.79. The second-order valence-corrected chi connectivity index (χ2v) is 10.5. The number of carbonyl (C=O) groups is 1. The molecule has 0 heterocycles. The van der Waals surface area contributed by atoms with Crippen LogP contribution in [0, 0.1) is 12.0 Å². The zero-order chi connectivity index (χ0) is 15.1. The van der Waals surface area contributed by atoms with Crippen LogP contribution in [0.5, 0.6) is 0 Å². The van der Waals surface area contributed by atoms with Gasteiger partial charge in [0.2, 0.25) is 0 Å². The Labute approximate surface area is 117 Å². The molecule has 0 atom stereocenters. The Morgan fingerprint density at radius 3 is 2.42 bits per heavy atom. The van der Waals surface area contributed by atoms with Crippen LogP contribution in [0.4, 0.5) is 4.79 Å². The Kier molecular flexibility index (Phi) is 6.88. The fraction of sp³-hybridized carbons (Fsp3) is 0.643. The van der Waals surface area contributed by atoms with E-state index in [-0.39, 0.29) is 5.04 Å². The summed E-state index contributed by atoms with van der Waals surface area (Å²) in [7, 11) is -0.463. The third kappa shape index (κ3) is 5.95. The molecule has 0 bridgehead atoms. The summed E-state index contributed by atoms with van der Waals surface area (Å²) < 4.78 is 10.5. The van der Waals surface area contributed by atoms with Gasteiger partial charge in [0.05, 0.1) is 20.3 Å². The molecule has 0 fully saturated rings. The van der Waals surface area contributed by atoms with Gasteiger partial charge in [-0.05, 0) is 18.1 Å². The van der Waals surface area contributed by atoms with E-state index in [0.29, 0.717) is 13.2 Å². The van der Waals surface area contributed by atoms with E-state index in [1.165, 1.54) is 12.0 Å². The predicted molar refractivity (Wildman–Crippen MR) is 80.2 cm³/mol. The molecule has 4 nitrogen and oxygen atoms in total. The number of carbonyl (C=O) groups excluding carboxylic acids is 1. The van der Waals surface area contributed by atoms with Crippen LogP contribution in [0.1, 0.15) is 20.8 Å². The molecule has 0 radical (unpaired) electrons. The molecule has 0 N–H and O–H groups in total. The lowest BCUT2D eigenvalue weighted by molar-refractivity contribution is 0.146. The quantitative estimate of drug-likeness (QED) is 0.344. The van der Waals surface area contributed by atoms with Crippen molar-refractivity contribution in [1.82, 2.24) is 4.90 Å². The van der Waals surface area contributed by atoms with Crippen LogP contribution in [-0.4, -0.2) is 39.6 Å². The summed E-state index contributed by atoms with van der Waals surface area (Å²) >= 11 is 0. The number of hydrogen-bond donors (Lipinski definition) is 0. The number of amides is 1.